The summed E-state index contributed by atoms with van der Waals surface area (Å²) in [6, 6.07) is -2.70. The first-order valence-electron chi connectivity index (χ1n) is 11.6. The number of likely N-dealkylation sites (tertiary alicyclic amines) is 1. The van der Waals surface area contributed by atoms with Gasteiger partial charge in [0, 0.05) is 24.9 Å². The summed E-state index contributed by atoms with van der Waals surface area (Å²) in [7, 11) is 1.24. The van der Waals surface area contributed by atoms with Crippen LogP contribution in [0.2, 0.25) is 0 Å². The minimum Gasteiger partial charge on any atom is -0.493 e. The van der Waals surface area contributed by atoms with E-state index < -0.39 is 54.4 Å². The zero-order valence-corrected chi connectivity index (χ0v) is 12.5. The van der Waals surface area contributed by atoms with Crippen molar-refractivity contribution in [1.29, 1.82) is 0 Å². The lowest BCUT2D eigenvalue weighted by atomic mass is 9.49. The monoisotopic (exact) mass is 323 g/mol. The van der Waals surface area contributed by atoms with Crippen LogP contribution in [-0.4, -0.2) is 54.1 Å². The predicted octanol–water partition coefficient (Wildman–Crippen LogP) is 1.05. The second kappa shape index (κ2) is 4.08. The van der Waals surface area contributed by atoms with E-state index in [9.17, 15) is 9.90 Å². The molecule has 4 atom stereocenters. The Hall–Kier alpha value is -1.59. The Morgan fingerprint density at radius 1 is 1.61 bits per heavy atom. The van der Waals surface area contributed by atoms with Gasteiger partial charge in [-0.05, 0) is 44.3 Å². The van der Waals surface area contributed by atoms with Crippen LogP contribution in [-0.2, 0) is 16.6 Å². The van der Waals surface area contributed by atoms with Crippen molar-refractivity contribution in [2.24, 2.45) is 0 Å². The number of hydrogen-bond acceptors (Lipinski definition) is 5. The zero-order valence-electron chi connectivity index (χ0n) is 20.5. The standard InChI is InChI=1S/C18H21NO4/c1-19-8-7-17-14-10-3-4-12(22-2)15(14)23-16(17)11(20)5-6-18(17,21)13(19)9-10/h3-4,13,16,21H,5-9H2,1-2H3/t13-,16?,17+,18-/m1/s1/i1D3,3D,4D,9D2,16D. The van der Waals surface area contributed by atoms with E-state index in [4.69, 9.17) is 20.4 Å². The second-order valence-corrected chi connectivity index (χ2v) is 6.54. The lowest BCUT2D eigenvalue weighted by Gasteiger charge is -2.62. The van der Waals surface area contributed by atoms with Gasteiger partial charge in [-0.15, -0.1) is 0 Å². The fourth-order valence-electron chi connectivity index (χ4n) is 4.70. The molecule has 2 heterocycles. The Morgan fingerprint density at radius 3 is 3.26 bits per heavy atom. The molecule has 0 radical (unpaired) electrons. The SMILES string of the molecule is [2H]c1c([2H])c2c3c(c1OC)OC1([2H])C(=O)CC[C@@]4(O)[C@H](N(C([2H])([2H])[2H])CC[C@]314)C2([2H])[2H]. The molecule has 2 aliphatic heterocycles. The van der Waals surface area contributed by atoms with Gasteiger partial charge in [-0.2, -0.15) is 0 Å². The number of Topliss-reactive ketones (excluding diaryl/α,β-unsaturated/α-hetero) is 1. The summed E-state index contributed by atoms with van der Waals surface area (Å²) >= 11 is 0. The van der Waals surface area contributed by atoms with Crippen LogP contribution in [0.5, 0.6) is 11.5 Å². The maximum Gasteiger partial charge on any atom is 0.174 e. The van der Waals surface area contributed by atoms with Crippen molar-refractivity contribution in [3.63, 3.8) is 0 Å². The van der Waals surface area contributed by atoms with Gasteiger partial charge in [0.25, 0.3) is 0 Å². The first-order chi connectivity index (χ1) is 14.2. The van der Waals surface area contributed by atoms with E-state index in [0.717, 1.165) is 4.90 Å². The fraction of sp³-hybridized carbons (Fsp3) is 0.611. The Morgan fingerprint density at radius 2 is 2.48 bits per heavy atom. The molecule has 1 unspecified atom stereocenters. The molecular weight excluding hydrogens is 294 g/mol. The van der Waals surface area contributed by atoms with Gasteiger partial charge in [0.2, 0.25) is 0 Å². The molecule has 5 rings (SSSR count). The highest BCUT2D eigenvalue weighted by Crippen LogP contribution is 2.64. The number of aliphatic hydroxyl groups is 1. The maximum atomic E-state index is 13.0. The lowest BCUT2D eigenvalue weighted by Crippen LogP contribution is -2.76. The van der Waals surface area contributed by atoms with Crippen LogP contribution in [0.3, 0.4) is 0 Å². The highest BCUT2D eigenvalue weighted by molar-refractivity contribution is 5.90. The molecule has 5 heteroatoms. The van der Waals surface area contributed by atoms with Crippen LogP contribution >= 0.6 is 0 Å². The minimum absolute atomic E-state index is 0.0117. The number of nitrogens with zero attached hydrogens (tertiary/aromatic N) is 1. The third-order valence-electron chi connectivity index (χ3n) is 5.71. The third-order valence-corrected chi connectivity index (χ3v) is 5.71. The molecule has 2 fully saturated rings. The number of carbonyl (C=O) groups is 1. The zero-order chi connectivity index (χ0) is 22.9. The number of ether oxygens (including phenoxy) is 2. The molecule has 1 spiro atoms. The molecule has 1 saturated carbocycles. The smallest absolute Gasteiger partial charge is 0.174 e. The number of ketones is 1. The van der Waals surface area contributed by atoms with Crippen molar-refractivity contribution in [3.8, 4) is 11.5 Å². The summed E-state index contributed by atoms with van der Waals surface area (Å²) in [5.74, 6) is -1.02. The quantitative estimate of drug-likeness (QED) is 0.837. The summed E-state index contributed by atoms with van der Waals surface area (Å²) in [5, 5.41) is 12.1. The topological polar surface area (TPSA) is 59.0 Å². The highest BCUT2D eigenvalue weighted by Gasteiger charge is 2.72. The molecule has 23 heavy (non-hydrogen) atoms. The molecule has 4 aliphatic rings. The number of likely N-dealkylation sites (N-methyl/N-ethyl adjacent to an activating group) is 1. The second-order valence-electron chi connectivity index (χ2n) is 6.54. The summed E-state index contributed by atoms with van der Waals surface area (Å²) in [4.78, 5) is 13.9. The van der Waals surface area contributed by atoms with Crippen LogP contribution in [0, 0.1) is 0 Å². The number of carbonyl (C=O) groups excluding carboxylic acids is 1. The van der Waals surface area contributed by atoms with Gasteiger partial charge >= 0.3 is 0 Å². The summed E-state index contributed by atoms with van der Waals surface area (Å²) in [6.45, 7) is -2.98. The Kier molecular flexibility index (Phi) is 1.42. The van der Waals surface area contributed by atoms with E-state index >= 15 is 0 Å². The van der Waals surface area contributed by atoms with Gasteiger partial charge in [0.15, 0.2) is 23.4 Å². The van der Waals surface area contributed by atoms with Crippen LogP contribution in [0.25, 0.3) is 0 Å². The molecule has 1 aromatic rings. The van der Waals surface area contributed by atoms with Gasteiger partial charge in [0.1, 0.15) is 0 Å². The summed E-state index contributed by atoms with van der Waals surface area (Å²) in [6.07, 6.45) is -5.63. The molecule has 2 aliphatic carbocycles. The van der Waals surface area contributed by atoms with Gasteiger partial charge in [-0.3, -0.25) is 4.79 Å². The largest absolute Gasteiger partial charge is 0.493 e. The third kappa shape index (κ3) is 1.32. The number of rotatable bonds is 1. The van der Waals surface area contributed by atoms with Crippen molar-refractivity contribution in [1.82, 2.24) is 4.90 Å². The normalized spacial score (nSPS) is 51.6. The van der Waals surface area contributed by atoms with Crippen LogP contribution in [0.1, 0.15) is 41.4 Å². The average molecular weight is 323 g/mol. The van der Waals surface area contributed by atoms with Crippen LogP contribution in [0.15, 0.2) is 12.1 Å². The molecule has 2 bridgehead atoms. The molecule has 0 aromatic heterocycles. The van der Waals surface area contributed by atoms with E-state index in [-0.39, 0.29) is 48.4 Å². The maximum absolute atomic E-state index is 13.0. The number of benzene rings is 1. The summed E-state index contributed by atoms with van der Waals surface area (Å²) < 4.78 is 78.6. The van der Waals surface area contributed by atoms with Crippen molar-refractivity contribution < 1.29 is 30.3 Å². The van der Waals surface area contributed by atoms with E-state index in [0.29, 0.717) is 0 Å². The van der Waals surface area contributed by atoms with Gasteiger partial charge < -0.3 is 19.5 Å². The lowest BCUT2D eigenvalue weighted by molar-refractivity contribution is -0.185. The van der Waals surface area contributed by atoms with Gasteiger partial charge in [0.05, 0.1) is 22.2 Å². The number of piperidine rings is 1. The van der Waals surface area contributed by atoms with Crippen LogP contribution in [0.4, 0.5) is 0 Å². The van der Waals surface area contributed by atoms with Crippen molar-refractivity contribution in [2.45, 2.75) is 48.8 Å². The first kappa shape index (κ1) is 7.99. The van der Waals surface area contributed by atoms with Crippen molar-refractivity contribution in [2.75, 3.05) is 20.6 Å². The Bertz CT molecular complexity index is 1040. The van der Waals surface area contributed by atoms with Crippen LogP contribution < -0.4 is 9.47 Å². The molecule has 1 aromatic carbocycles. The molecule has 5 nitrogen and oxygen atoms in total. The first-order valence-corrected chi connectivity index (χ1v) is 7.63. The van der Waals surface area contributed by atoms with E-state index in [1.807, 2.05) is 0 Å². The summed E-state index contributed by atoms with van der Waals surface area (Å²) in [5.41, 5.74) is -4.24. The van der Waals surface area contributed by atoms with Gasteiger partial charge in [-0.25, -0.2) is 0 Å². The highest BCUT2D eigenvalue weighted by atomic mass is 16.5. The van der Waals surface area contributed by atoms with Gasteiger partial charge in [-0.1, -0.05) is 6.04 Å². The van der Waals surface area contributed by atoms with Crippen molar-refractivity contribution in [3.05, 3.63) is 23.2 Å². The predicted molar refractivity (Wildman–Crippen MR) is 83.0 cm³/mol. The Balaban J connectivity index is 1.98. The molecular formula is C18H21NO4. The molecule has 1 N–H and O–H groups in total. The van der Waals surface area contributed by atoms with E-state index in [1.165, 1.54) is 7.11 Å². The van der Waals surface area contributed by atoms with Crippen molar-refractivity contribution >= 4 is 5.78 Å². The fourth-order valence-corrected chi connectivity index (χ4v) is 4.70. The minimum atomic E-state index is -2.76. The van der Waals surface area contributed by atoms with E-state index in [2.05, 4.69) is 0 Å². The molecule has 0 amide bonds. The number of methoxy groups -OCH3 is 1. The Labute approximate surface area is 146 Å². The number of hydrogen-bond donors (Lipinski definition) is 1. The van der Waals surface area contributed by atoms with E-state index in [1.54, 1.807) is 0 Å². The molecule has 122 valence electrons. The average Bonchev–Trinajstić information content (AvgIpc) is 2.91. The molecule has 1 saturated heterocycles.